The van der Waals surface area contributed by atoms with Gasteiger partial charge in [0.05, 0.1) is 0 Å². The van der Waals surface area contributed by atoms with E-state index in [9.17, 15) is 4.79 Å². The lowest BCUT2D eigenvalue weighted by Gasteiger charge is -2.13. The molecule has 4 heteroatoms. The summed E-state index contributed by atoms with van der Waals surface area (Å²) in [5, 5.41) is 3.46. The molecule has 1 unspecified atom stereocenters. The van der Waals surface area contributed by atoms with Crippen molar-refractivity contribution in [3.05, 3.63) is 56.6 Å². The normalized spacial score (nSPS) is 12.5. The van der Waals surface area contributed by atoms with E-state index in [2.05, 4.69) is 31.3 Å². The number of thiophene rings is 1. The van der Waals surface area contributed by atoms with Crippen LogP contribution in [0, 0.1) is 6.92 Å². The summed E-state index contributed by atoms with van der Waals surface area (Å²) in [7, 11) is 0. The lowest BCUT2D eigenvalue weighted by molar-refractivity contribution is 0.509. The van der Waals surface area contributed by atoms with Gasteiger partial charge in [-0.3, -0.25) is 4.79 Å². The van der Waals surface area contributed by atoms with Gasteiger partial charge in [-0.2, -0.15) is 0 Å². The maximum absolute atomic E-state index is 11.5. The third-order valence-electron chi connectivity index (χ3n) is 3.05. The Hall–Kier alpha value is -1.39. The van der Waals surface area contributed by atoms with Gasteiger partial charge in [-0.25, -0.2) is 0 Å². The Morgan fingerprint density at radius 1 is 1.32 bits per heavy atom. The van der Waals surface area contributed by atoms with Crippen LogP contribution in [0.1, 0.15) is 16.7 Å². The van der Waals surface area contributed by atoms with Crippen LogP contribution in [-0.2, 0) is 13.0 Å². The highest BCUT2D eigenvalue weighted by Crippen LogP contribution is 2.16. The van der Waals surface area contributed by atoms with E-state index in [1.54, 1.807) is 16.7 Å². The van der Waals surface area contributed by atoms with E-state index in [4.69, 9.17) is 0 Å². The van der Waals surface area contributed by atoms with E-state index < -0.39 is 0 Å². The summed E-state index contributed by atoms with van der Waals surface area (Å²) in [6, 6.07) is 10.0. The van der Waals surface area contributed by atoms with Crippen molar-refractivity contribution in [2.75, 3.05) is 6.54 Å². The monoisotopic (exact) mass is 276 g/mol. The van der Waals surface area contributed by atoms with Crippen molar-refractivity contribution >= 4 is 11.3 Å². The molecule has 0 aromatic carbocycles. The highest BCUT2D eigenvalue weighted by Gasteiger charge is 2.04. The van der Waals surface area contributed by atoms with Gasteiger partial charge in [-0.15, -0.1) is 11.3 Å². The first-order valence-electron chi connectivity index (χ1n) is 6.59. The molecule has 0 aliphatic carbocycles. The van der Waals surface area contributed by atoms with E-state index in [0.717, 1.165) is 13.0 Å². The van der Waals surface area contributed by atoms with Crippen LogP contribution in [0.5, 0.6) is 0 Å². The van der Waals surface area contributed by atoms with E-state index >= 15 is 0 Å². The molecule has 1 N–H and O–H groups in total. The van der Waals surface area contributed by atoms with E-state index in [1.165, 1.54) is 9.75 Å². The number of rotatable bonds is 6. The minimum absolute atomic E-state index is 0.0610. The molecule has 102 valence electrons. The highest BCUT2D eigenvalue weighted by atomic mass is 32.1. The number of nitrogens with one attached hydrogen (secondary N) is 1. The van der Waals surface area contributed by atoms with Crippen LogP contribution in [0.3, 0.4) is 0 Å². The quantitative estimate of drug-likeness (QED) is 0.879. The fraction of sp³-hybridized carbons (Fsp3) is 0.400. The van der Waals surface area contributed by atoms with Crippen LogP contribution in [0.2, 0.25) is 0 Å². The maximum Gasteiger partial charge on any atom is 0.250 e. The summed E-state index contributed by atoms with van der Waals surface area (Å²) >= 11 is 1.85. The van der Waals surface area contributed by atoms with Gasteiger partial charge in [-0.05, 0) is 38.5 Å². The Balaban J connectivity index is 1.76. The molecule has 2 aromatic rings. The third kappa shape index (κ3) is 4.33. The van der Waals surface area contributed by atoms with Crippen LogP contribution in [0.15, 0.2) is 41.3 Å². The van der Waals surface area contributed by atoms with Crippen molar-refractivity contribution in [3.63, 3.8) is 0 Å². The largest absolute Gasteiger partial charge is 0.314 e. The number of nitrogens with zero attached hydrogens (tertiary/aromatic N) is 1. The molecule has 0 amide bonds. The SMILES string of the molecule is Cc1ccc(CC(C)NCCn2ccccc2=O)s1. The molecule has 0 aliphatic rings. The number of pyridine rings is 1. The second-order valence-corrected chi connectivity index (χ2v) is 6.18. The summed E-state index contributed by atoms with van der Waals surface area (Å²) in [5.41, 5.74) is 0.0610. The van der Waals surface area contributed by atoms with Gasteiger partial charge in [0.15, 0.2) is 0 Å². The standard InChI is InChI=1S/C15H20N2OS/c1-12(11-14-7-6-13(2)19-14)16-8-10-17-9-4-3-5-15(17)18/h3-7,9,12,16H,8,10-11H2,1-2H3. The Bertz CT molecular complexity index is 573. The van der Waals surface area contributed by atoms with Gasteiger partial charge in [0, 0.05) is 41.1 Å². The molecule has 0 saturated carbocycles. The lowest BCUT2D eigenvalue weighted by atomic mass is 10.2. The molecule has 0 radical (unpaired) electrons. The predicted molar refractivity (Wildman–Crippen MR) is 80.9 cm³/mol. The van der Waals surface area contributed by atoms with Gasteiger partial charge in [0.25, 0.3) is 5.56 Å². The Morgan fingerprint density at radius 3 is 2.84 bits per heavy atom. The molecule has 0 saturated heterocycles. The first-order chi connectivity index (χ1) is 9.15. The summed E-state index contributed by atoms with van der Waals surface area (Å²) < 4.78 is 1.73. The molecular formula is C15H20N2OS. The second kappa shape index (κ2) is 6.68. The molecule has 2 rings (SSSR count). The van der Waals surface area contributed by atoms with Crippen molar-refractivity contribution in [3.8, 4) is 0 Å². The number of hydrogen-bond acceptors (Lipinski definition) is 3. The smallest absolute Gasteiger partial charge is 0.250 e. The van der Waals surface area contributed by atoms with Gasteiger partial charge >= 0.3 is 0 Å². The number of aromatic nitrogens is 1. The van der Waals surface area contributed by atoms with Gasteiger partial charge in [-0.1, -0.05) is 6.07 Å². The molecule has 0 fully saturated rings. The zero-order chi connectivity index (χ0) is 13.7. The van der Waals surface area contributed by atoms with Crippen molar-refractivity contribution in [1.29, 1.82) is 0 Å². The zero-order valence-electron chi connectivity index (χ0n) is 11.4. The Labute approximate surface area is 117 Å². The molecule has 0 aliphatic heterocycles. The molecule has 3 nitrogen and oxygen atoms in total. The second-order valence-electron chi connectivity index (χ2n) is 4.80. The van der Waals surface area contributed by atoms with Gasteiger partial charge in [0.1, 0.15) is 0 Å². The Kier molecular flexibility index (Phi) is 4.93. The predicted octanol–water partition coefficient (Wildman–Crippen LogP) is 2.44. The van der Waals surface area contributed by atoms with E-state index in [1.807, 2.05) is 23.6 Å². The van der Waals surface area contributed by atoms with Crippen LogP contribution in [0.4, 0.5) is 0 Å². The van der Waals surface area contributed by atoms with E-state index in [0.29, 0.717) is 12.6 Å². The summed E-state index contributed by atoms with van der Waals surface area (Å²) in [6.45, 7) is 5.85. The van der Waals surface area contributed by atoms with Crippen LogP contribution >= 0.6 is 11.3 Å². The first-order valence-corrected chi connectivity index (χ1v) is 7.41. The minimum atomic E-state index is 0.0610. The van der Waals surface area contributed by atoms with Crippen LogP contribution < -0.4 is 10.9 Å². The third-order valence-corrected chi connectivity index (χ3v) is 4.07. The molecule has 0 spiro atoms. The fourth-order valence-electron chi connectivity index (χ4n) is 2.05. The molecule has 19 heavy (non-hydrogen) atoms. The van der Waals surface area contributed by atoms with Crippen molar-refractivity contribution in [2.45, 2.75) is 32.9 Å². The molecule has 0 bridgehead atoms. The summed E-state index contributed by atoms with van der Waals surface area (Å²) in [4.78, 5) is 14.3. The molecule has 1 atom stereocenters. The molecule has 2 aromatic heterocycles. The zero-order valence-corrected chi connectivity index (χ0v) is 12.2. The van der Waals surface area contributed by atoms with Gasteiger partial charge in [0.2, 0.25) is 0 Å². The van der Waals surface area contributed by atoms with E-state index in [-0.39, 0.29) is 5.56 Å². The molecule has 2 heterocycles. The molecular weight excluding hydrogens is 256 g/mol. The Morgan fingerprint density at radius 2 is 2.16 bits per heavy atom. The maximum atomic E-state index is 11.5. The first kappa shape index (κ1) is 14.0. The topological polar surface area (TPSA) is 34.0 Å². The average Bonchev–Trinajstić information content (AvgIpc) is 2.77. The minimum Gasteiger partial charge on any atom is -0.314 e. The van der Waals surface area contributed by atoms with Gasteiger partial charge < -0.3 is 9.88 Å². The summed E-state index contributed by atoms with van der Waals surface area (Å²) in [6.07, 6.45) is 2.87. The van der Waals surface area contributed by atoms with Crippen molar-refractivity contribution in [2.24, 2.45) is 0 Å². The highest BCUT2D eigenvalue weighted by molar-refractivity contribution is 7.11. The van der Waals surface area contributed by atoms with Crippen LogP contribution in [-0.4, -0.2) is 17.2 Å². The van der Waals surface area contributed by atoms with Crippen molar-refractivity contribution < 1.29 is 0 Å². The fourth-order valence-corrected chi connectivity index (χ4v) is 3.06. The number of hydrogen-bond donors (Lipinski definition) is 1. The average molecular weight is 276 g/mol. The number of aryl methyl sites for hydroxylation is 1. The lowest BCUT2D eigenvalue weighted by Crippen LogP contribution is -2.33. The van der Waals surface area contributed by atoms with Crippen molar-refractivity contribution in [1.82, 2.24) is 9.88 Å². The summed E-state index contributed by atoms with van der Waals surface area (Å²) in [5.74, 6) is 0. The van der Waals surface area contributed by atoms with Crippen LogP contribution in [0.25, 0.3) is 0 Å².